The highest BCUT2D eigenvalue weighted by Gasteiger charge is 2.34. The van der Waals surface area contributed by atoms with Crippen LogP contribution in [-0.2, 0) is 6.42 Å². The Labute approximate surface area is 220 Å². The van der Waals surface area contributed by atoms with E-state index in [0.29, 0.717) is 6.17 Å². The van der Waals surface area contributed by atoms with E-state index in [1.54, 1.807) is 0 Å². The van der Waals surface area contributed by atoms with E-state index in [4.69, 9.17) is 4.98 Å². The first kappa shape index (κ1) is 23.4. The highest BCUT2D eigenvalue weighted by molar-refractivity contribution is 5.92. The molecule has 2 unspecified atom stereocenters. The second-order valence-corrected chi connectivity index (χ2v) is 10.3. The number of nitrogens with zero attached hydrogens (tertiary/aromatic N) is 5. The third-order valence-electron chi connectivity index (χ3n) is 8.11. The molecule has 5 nitrogen and oxygen atoms in total. The summed E-state index contributed by atoms with van der Waals surface area (Å²) in [5.41, 5.74) is 9.10. The Morgan fingerprint density at radius 3 is 2.24 bits per heavy atom. The van der Waals surface area contributed by atoms with Crippen molar-refractivity contribution in [3.63, 3.8) is 0 Å². The minimum absolute atomic E-state index is 0.250. The van der Waals surface area contributed by atoms with Crippen molar-refractivity contribution in [2.75, 3.05) is 28.8 Å². The van der Waals surface area contributed by atoms with Crippen LogP contribution in [0.5, 0.6) is 0 Å². The summed E-state index contributed by atoms with van der Waals surface area (Å²) >= 11 is 0. The van der Waals surface area contributed by atoms with Gasteiger partial charge >= 0.3 is 0 Å². The molecule has 3 aromatic carbocycles. The number of aromatic nitrogens is 1. The molecule has 0 bridgehead atoms. The molecule has 3 aliphatic heterocycles. The highest BCUT2D eigenvalue weighted by atomic mass is 15.4. The summed E-state index contributed by atoms with van der Waals surface area (Å²) in [6.45, 7) is 6.64. The maximum atomic E-state index is 4.88. The Kier molecular flexibility index (Phi) is 5.79. The Balaban J connectivity index is 0.000000146. The molecule has 0 amide bonds. The number of aryl methyl sites for hydroxylation is 2. The molecule has 188 valence electrons. The van der Waals surface area contributed by atoms with Crippen molar-refractivity contribution in [3.05, 3.63) is 102 Å². The van der Waals surface area contributed by atoms with E-state index in [0.717, 1.165) is 11.3 Å². The highest BCUT2D eigenvalue weighted by Crippen LogP contribution is 2.44. The van der Waals surface area contributed by atoms with E-state index < -0.39 is 0 Å². The summed E-state index contributed by atoms with van der Waals surface area (Å²) in [6.07, 6.45) is 5.34. The van der Waals surface area contributed by atoms with Crippen LogP contribution in [0.4, 0.5) is 22.9 Å². The Bertz CT molecular complexity index is 1490. The third-order valence-corrected chi connectivity index (χ3v) is 8.11. The van der Waals surface area contributed by atoms with Gasteiger partial charge in [-0.2, -0.15) is 0 Å². The van der Waals surface area contributed by atoms with Crippen molar-refractivity contribution in [1.29, 1.82) is 0 Å². The number of anilines is 4. The molecule has 0 spiro atoms. The monoisotopic (exact) mass is 489 g/mol. The van der Waals surface area contributed by atoms with Crippen molar-refractivity contribution in [2.45, 2.75) is 45.9 Å². The standard InChI is InChI=1S/C19H19N3.C13H16N2/c1-13-8-4-7-11-17(13)22-14(2)21(3)19-18(22)12-15-9-5-6-10-16(15)20-19;1-10-14(2)9-12-8-7-11-5-3-4-6-13(11)15(10)12/h4-12,14H,1-3H3;3-6,9-10H,7-8H2,1-2H3. The van der Waals surface area contributed by atoms with Gasteiger partial charge in [-0.05, 0) is 69.0 Å². The molecule has 5 heteroatoms. The Hall–Kier alpha value is -3.99. The lowest BCUT2D eigenvalue weighted by Gasteiger charge is -2.34. The average molecular weight is 490 g/mol. The second-order valence-electron chi connectivity index (χ2n) is 10.3. The molecule has 0 saturated carbocycles. The zero-order valence-electron chi connectivity index (χ0n) is 22.4. The molecular formula is C32H35N5. The predicted molar refractivity (Wildman–Crippen MR) is 155 cm³/mol. The molecule has 4 heterocycles. The van der Waals surface area contributed by atoms with Crippen LogP contribution in [0.3, 0.4) is 0 Å². The van der Waals surface area contributed by atoms with Gasteiger partial charge in [0.15, 0.2) is 5.82 Å². The van der Waals surface area contributed by atoms with E-state index in [2.05, 4.69) is 133 Å². The molecule has 1 aromatic heterocycles. The Morgan fingerprint density at radius 1 is 0.730 bits per heavy atom. The van der Waals surface area contributed by atoms with Gasteiger partial charge in [0.25, 0.3) is 0 Å². The number of para-hydroxylation sites is 3. The average Bonchev–Trinajstić information content (AvgIpc) is 3.35. The topological polar surface area (TPSA) is 25.9 Å². The first-order valence-corrected chi connectivity index (χ1v) is 13.2. The van der Waals surface area contributed by atoms with Gasteiger partial charge in [0.05, 0.1) is 11.2 Å². The molecule has 0 saturated heterocycles. The zero-order chi connectivity index (χ0) is 25.7. The van der Waals surface area contributed by atoms with E-state index in [9.17, 15) is 0 Å². The molecule has 0 fully saturated rings. The number of hydrogen-bond acceptors (Lipinski definition) is 5. The second kappa shape index (κ2) is 9.15. The van der Waals surface area contributed by atoms with E-state index in [-0.39, 0.29) is 6.17 Å². The number of rotatable bonds is 1. The van der Waals surface area contributed by atoms with Crippen LogP contribution in [0.15, 0.2) is 90.8 Å². The lowest BCUT2D eigenvalue weighted by atomic mass is 10.00. The van der Waals surface area contributed by atoms with Gasteiger partial charge in [-0.1, -0.05) is 54.6 Å². The smallest absolute Gasteiger partial charge is 0.154 e. The van der Waals surface area contributed by atoms with Crippen molar-refractivity contribution in [3.8, 4) is 0 Å². The fourth-order valence-electron chi connectivity index (χ4n) is 5.84. The quantitative estimate of drug-likeness (QED) is 0.285. The molecule has 7 rings (SSSR count). The van der Waals surface area contributed by atoms with Crippen molar-refractivity contribution >= 4 is 33.8 Å². The van der Waals surface area contributed by atoms with Gasteiger partial charge in [-0.15, -0.1) is 0 Å². The molecular weight excluding hydrogens is 454 g/mol. The van der Waals surface area contributed by atoms with Crippen molar-refractivity contribution < 1.29 is 0 Å². The number of fused-ring (bicyclic) bond motifs is 5. The van der Waals surface area contributed by atoms with E-state index in [1.165, 1.54) is 52.1 Å². The van der Waals surface area contributed by atoms with Crippen LogP contribution in [-0.4, -0.2) is 36.3 Å². The third kappa shape index (κ3) is 3.90. The van der Waals surface area contributed by atoms with Crippen LogP contribution in [0.25, 0.3) is 10.9 Å². The number of hydrogen-bond donors (Lipinski definition) is 0. The molecule has 0 N–H and O–H groups in total. The molecule has 0 radical (unpaired) electrons. The summed E-state index contributed by atoms with van der Waals surface area (Å²) < 4.78 is 0. The molecule has 3 aliphatic rings. The maximum Gasteiger partial charge on any atom is 0.154 e. The Morgan fingerprint density at radius 2 is 1.43 bits per heavy atom. The van der Waals surface area contributed by atoms with Crippen molar-refractivity contribution in [2.24, 2.45) is 0 Å². The van der Waals surface area contributed by atoms with Crippen LogP contribution in [0.2, 0.25) is 0 Å². The summed E-state index contributed by atoms with van der Waals surface area (Å²) in [5.74, 6) is 1.05. The molecule has 4 aromatic rings. The van der Waals surface area contributed by atoms with Gasteiger partial charge in [0.1, 0.15) is 12.3 Å². The minimum atomic E-state index is 0.250. The molecule has 37 heavy (non-hydrogen) atoms. The summed E-state index contributed by atoms with van der Waals surface area (Å²) in [7, 11) is 4.27. The van der Waals surface area contributed by atoms with Gasteiger partial charge in [0, 0.05) is 42.8 Å². The lowest BCUT2D eigenvalue weighted by molar-refractivity contribution is 0.381. The normalized spacial score (nSPS) is 19.8. The van der Waals surface area contributed by atoms with Gasteiger partial charge < -0.3 is 19.6 Å². The summed E-state index contributed by atoms with van der Waals surface area (Å²) in [4.78, 5) is 14.2. The van der Waals surface area contributed by atoms with Crippen LogP contribution in [0, 0.1) is 6.92 Å². The first-order chi connectivity index (χ1) is 17.9. The number of pyridine rings is 1. The predicted octanol–water partition coefficient (Wildman–Crippen LogP) is 7.05. The zero-order valence-corrected chi connectivity index (χ0v) is 22.4. The van der Waals surface area contributed by atoms with Crippen LogP contribution >= 0.6 is 0 Å². The van der Waals surface area contributed by atoms with Gasteiger partial charge in [-0.25, -0.2) is 4.98 Å². The lowest BCUT2D eigenvalue weighted by Crippen LogP contribution is -2.37. The van der Waals surface area contributed by atoms with E-state index >= 15 is 0 Å². The van der Waals surface area contributed by atoms with E-state index in [1.807, 2.05) is 6.07 Å². The fourth-order valence-corrected chi connectivity index (χ4v) is 5.84. The van der Waals surface area contributed by atoms with Crippen LogP contribution < -0.4 is 14.7 Å². The maximum absolute atomic E-state index is 4.88. The summed E-state index contributed by atoms with van der Waals surface area (Å²) in [5, 5.41) is 1.18. The van der Waals surface area contributed by atoms with Gasteiger partial charge in [0.2, 0.25) is 0 Å². The largest absolute Gasteiger partial charge is 0.359 e. The van der Waals surface area contributed by atoms with Crippen LogP contribution in [0.1, 0.15) is 31.4 Å². The molecule has 2 atom stereocenters. The SMILES string of the molecule is CC1N(C)C=C2CCc3ccccc3N21.Cc1ccccc1N1c2cc3ccccc3nc2N(C)C1C. The fraction of sp³-hybridized carbons (Fsp3) is 0.281. The minimum Gasteiger partial charge on any atom is -0.359 e. The van der Waals surface area contributed by atoms with Gasteiger partial charge in [-0.3, -0.25) is 0 Å². The number of benzene rings is 3. The first-order valence-electron chi connectivity index (χ1n) is 13.2. The number of allylic oxidation sites excluding steroid dienone is 1. The summed E-state index contributed by atoms with van der Waals surface area (Å²) in [6, 6.07) is 27.8. The molecule has 0 aliphatic carbocycles. The van der Waals surface area contributed by atoms with Crippen molar-refractivity contribution in [1.82, 2.24) is 9.88 Å².